The van der Waals surface area contributed by atoms with Gasteiger partial charge >= 0.3 is 6.18 Å². The predicted octanol–water partition coefficient (Wildman–Crippen LogP) is 4.98. The lowest BCUT2D eigenvalue weighted by Gasteiger charge is -2.17. The minimum atomic E-state index is -4.76. The second kappa shape index (κ2) is 7.47. The predicted molar refractivity (Wildman–Crippen MR) is 93.8 cm³/mol. The molecule has 2 N–H and O–H groups in total. The summed E-state index contributed by atoms with van der Waals surface area (Å²) in [7, 11) is 0. The van der Waals surface area contributed by atoms with Crippen LogP contribution in [0.2, 0.25) is 0 Å². The molecule has 0 amide bonds. The van der Waals surface area contributed by atoms with Crippen LogP contribution in [0.25, 0.3) is 0 Å². The Morgan fingerprint density at radius 3 is 2.40 bits per heavy atom. The summed E-state index contributed by atoms with van der Waals surface area (Å²) >= 11 is 5.07. The molecule has 0 fully saturated rings. The van der Waals surface area contributed by atoms with E-state index in [1.807, 2.05) is 19.1 Å². The molecule has 0 aliphatic carbocycles. The molecule has 0 saturated heterocycles. The zero-order chi connectivity index (χ0) is 18.6. The van der Waals surface area contributed by atoms with Crippen LogP contribution in [0.4, 0.5) is 30.2 Å². The van der Waals surface area contributed by atoms with Crippen molar-refractivity contribution in [3.05, 3.63) is 63.7 Å². The van der Waals surface area contributed by atoms with Crippen molar-refractivity contribution in [1.29, 1.82) is 0 Å². The van der Waals surface area contributed by atoms with Gasteiger partial charge in [-0.3, -0.25) is 10.1 Å². The molecule has 132 valence electrons. The Hall–Kier alpha value is -2.68. The minimum absolute atomic E-state index is 0.0414. The molecule has 0 aliphatic heterocycles. The van der Waals surface area contributed by atoms with Crippen molar-refractivity contribution in [1.82, 2.24) is 0 Å². The van der Waals surface area contributed by atoms with E-state index in [1.54, 1.807) is 12.1 Å². The van der Waals surface area contributed by atoms with E-state index in [1.165, 1.54) is 0 Å². The Kier molecular flexibility index (Phi) is 5.58. The molecule has 2 aromatic rings. The maximum absolute atomic E-state index is 13.2. The third-order valence-corrected chi connectivity index (χ3v) is 3.62. The van der Waals surface area contributed by atoms with Crippen LogP contribution in [0.1, 0.15) is 18.1 Å². The third-order valence-electron chi connectivity index (χ3n) is 3.41. The zero-order valence-corrected chi connectivity index (χ0v) is 13.9. The van der Waals surface area contributed by atoms with Crippen LogP contribution in [-0.2, 0) is 12.6 Å². The smallest absolute Gasteiger partial charge is 0.332 e. The Balaban J connectivity index is 2.27. The van der Waals surface area contributed by atoms with E-state index in [2.05, 4.69) is 10.6 Å². The van der Waals surface area contributed by atoms with Gasteiger partial charge in [-0.25, -0.2) is 0 Å². The molecule has 5 nitrogen and oxygen atoms in total. The number of non-ortho nitro benzene ring substituents is 1. The number of hydrogen-bond acceptors (Lipinski definition) is 3. The molecule has 2 aromatic carbocycles. The van der Waals surface area contributed by atoms with Crippen LogP contribution in [0.3, 0.4) is 0 Å². The van der Waals surface area contributed by atoms with Crippen molar-refractivity contribution < 1.29 is 18.1 Å². The molecule has 0 unspecified atom stereocenters. The number of nitro benzene ring substituents is 1. The second-order valence-electron chi connectivity index (χ2n) is 5.07. The van der Waals surface area contributed by atoms with Crippen LogP contribution in [0.5, 0.6) is 0 Å². The van der Waals surface area contributed by atoms with E-state index in [0.29, 0.717) is 11.8 Å². The maximum Gasteiger partial charge on any atom is 0.418 e. The van der Waals surface area contributed by atoms with Crippen molar-refractivity contribution in [3.8, 4) is 0 Å². The quantitative estimate of drug-likeness (QED) is 0.452. The first-order valence-electron chi connectivity index (χ1n) is 7.24. The fraction of sp³-hybridized carbons (Fsp3) is 0.188. The summed E-state index contributed by atoms with van der Waals surface area (Å²) in [6, 6.07) is 9.70. The highest BCUT2D eigenvalue weighted by Crippen LogP contribution is 2.37. The van der Waals surface area contributed by atoms with Gasteiger partial charge in [-0.2, -0.15) is 13.2 Å². The molecule has 25 heavy (non-hydrogen) atoms. The number of nitro groups is 1. The van der Waals surface area contributed by atoms with Crippen LogP contribution < -0.4 is 10.6 Å². The highest BCUT2D eigenvalue weighted by atomic mass is 32.1. The summed E-state index contributed by atoms with van der Waals surface area (Å²) in [5.41, 5.74) is -0.531. The van der Waals surface area contributed by atoms with E-state index in [4.69, 9.17) is 12.2 Å². The van der Waals surface area contributed by atoms with E-state index < -0.39 is 22.4 Å². The summed E-state index contributed by atoms with van der Waals surface area (Å²) in [5.74, 6) is 0. The van der Waals surface area contributed by atoms with E-state index in [0.717, 1.165) is 24.1 Å². The van der Waals surface area contributed by atoms with Gasteiger partial charge in [0.1, 0.15) is 0 Å². The first-order chi connectivity index (χ1) is 11.7. The average molecular weight is 369 g/mol. The summed E-state index contributed by atoms with van der Waals surface area (Å²) in [5, 5.41) is 16.0. The summed E-state index contributed by atoms with van der Waals surface area (Å²) in [4.78, 5) is 9.82. The van der Waals surface area contributed by atoms with Crippen LogP contribution >= 0.6 is 12.2 Å². The molecule has 2 rings (SSSR count). The SMILES string of the molecule is CCc1ccccc1NC(=S)Nc1ccc([N+](=O)[O-])cc1C(F)(F)F. The van der Waals surface area contributed by atoms with Crippen molar-refractivity contribution in [2.45, 2.75) is 19.5 Å². The number of alkyl halides is 3. The molecule has 0 heterocycles. The van der Waals surface area contributed by atoms with Crippen molar-refractivity contribution in [2.75, 3.05) is 10.6 Å². The van der Waals surface area contributed by atoms with E-state index in [9.17, 15) is 23.3 Å². The molecular weight excluding hydrogens is 355 g/mol. The van der Waals surface area contributed by atoms with Gasteiger partial charge in [0, 0.05) is 17.8 Å². The van der Waals surface area contributed by atoms with E-state index >= 15 is 0 Å². The van der Waals surface area contributed by atoms with Gasteiger partial charge < -0.3 is 10.6 Å². The molecule has 0 aliphatic rings. The average Bonchev–Trinajstić information content (AvgIpc) is 2.54. The molecule has 0 bridgehead atoms. The normalized spacial score (nSPS) is 11.0. The lowest BCUT2D eigenvalue weighted by atomic mass is 10.1. The van der Waals surface area contributed by atoms with Crippen LogP contribution in [-0.4, -0.2) is 10.0 Å². The summed E-state index contributed by atoms with van der Waals surface area (Å²) in [6.45, 7) is 1.94. The van der Waals surface area contributed by atoms with Crippen LogP contribution in [0, 0.1) is 10.1 Å². The number of rotatable bonds is 4. The number of anilines is 2. The van der Waals surface area contributed by atoms with Crippen molar-refractivity contribution in [3.63, 3.8) is 0 Å². The Labute approximate surface area is 147 Å². The number of nitrogens with zero attached hydrogens (tertiary/aromatic N) is 1. The van der Waals surface area contributed by atoms with Gasteiger partial charge in [-0.05, 0) is 36.3 Å². The van der Waals surface area contributed by atoms with Crippen molar-refractivity contribution >= 4 is 34.4 Å². The van der Waals surface area contributed by atoms with Gasteiger partial charge in [-0.15, -0.1) is 0 Å². The number of thiocarbonyl (C=S) groups is 1. The molecular formula is C16H14F3N3O2S. The monoisotopic (exact) mass is 369 g/mol. The molecule has 0 aromatic heterocycles. The number of benzene rings is 2. The Bertz CT molecular complexity index is 809. The number of aryl methyl sites for hydroxylation is 1. The highest BCUT2D eigenvalue weighted by Gasteiger charge is 2.35. The molecule has 0 spiro atoms. The Morgan fingerprint density at radius 1 is 1.16 bits per heavy atom. The lowest BCUT2D eigenvalue weighted by molar-refractivity contribution is -0.385. The number of hydrogen-bond donors (Lipinski definition) is 2. The molecule has 0 radical (unpaired) electrons. The first-order valence-corrected chi connectivity index (χ1v) is 7.64. The highest BCUT2D eigenvalue weighted by molar-refractivity contribution is 7.80. The molecule has 0 saturated carbocycles. The lowest BCUT2D eigenvalue weighted by Crippen LogP contribution is -2.22. The van der Waals surface area contributed by atoms with E-state index in [-0.39, 0.29) is 10.8 Å². The van der Waals surface area contributed by atoms with Gasteiger partial charge in [0.2, 0.25) is 0 Å². The van der Waals surface area contributed by atoms with Gasteiger partial charge in [0.25, 0.3) is 5.69 Å². The summed E-state index contributed by atoms with van der Waals surface area (Å²) < 4.78 is 39.5. The standard InChI is InChI=1S/C16H14F3N3O2S/c1-2-10-5-3-4-6-13(10)20-15(25)21-14-8-7-11(22(23)24)9-12(14)16(17,18)19/h3-9H,2H2,1H3,(H2,20,21,25). The number of halogens is 3. The maximum atomic E-state index is 13.2. The van der Waals surface area contributed by atoms with Crippen LogP contribution in [0.15, 0.2) is 42.5 Å². The number of para-hydroxylation sites is 1. The second-order valence-corrected chi connectivity index (χ2v) is 5.48. The van der Waals surface area contributed by atoms with Gasteiger partial charge in [0.05, 0.1) is 16.2 Å². The minimum Gasteiger partial charge on any atom is -0.332 e. The van der Waals surface area contributed by atoms with Gasteiger partial charge in [0.15, 0.2) is 5.11 Å². The molecule has 0 atom stereocenters. The fourth-order valence-corrected chi connectivity index (χ4v) is 2.44. The topological polar surface area (TPSA) is 67.2 Å². The van der Waals surface area contributed by atoms with Gasteiger partial charge in [-0.1, -0.05) is 25.1 Å². The van der Waals surface area contributed by atoms with Crippen molar-refractivity contribution in [2.24, 2.45) is 0 Å². The molecule has 9 heteroatoms. The third kappa shape index (κ3) is 4.66. The fourth-order valence-electron chi connectivity index (χ4n) is 2.22. The first kappa shape index (κ1) is 18.7. The zero-order valence-electron chi connectivity index (χ0n) is 13.1. The Morgan fingerprint density at radius 2 is 1.80 bits per heavy atom. The number of nitrogens with one attached hydrogen (secondary N) is 2. The largest absolute Gasteiger partial charge is 0.418 e. The summed E-state index contributed by atoms with van der Waals surface area (Å²) in [6.07, 6.45) is -4.04.